The Labute approximate surface area is 203 Å². The molecule has 0 amide bonds. The van der Waals surface area contributed by atoms with Crippen molar-refractivity contribution in [1.29, 1.82) is 0 Å². The van der Waals surface area contributed by atoms with Crippen LogP contribution in [0, 0.1) is 0 Å². The van der Waals surface area contributed by atoms with E-state index in [0.717, 1.165) is 56.0 Å². The van der Waals surface area contributed by atoms with Gasteiger partial charge in [0.15, 0.2) is 0 Å². The van der Waals surface area contributed by atoms with Gasteiger partial charge >= 0.3 is 0 Å². The zero-order chi connectivity index (χ0) is 22.7. The zero-order valence-electron chi connectivity index (χ0n) is 20.2. The molecule has 0 aliphatic rings. The predicted molar refractivity (Wildman–Crippen MR) is 139 cm³/mol. The van der Waals surface area contributed by atoms with Gasteiger partial charge < -0.3 is 18.9 Å². The van der Waals surface area contributed by atoms with Crippen molar-refractivity contribution in [3.8, 4) is 0 Å². The Morgan fingerprint density at radius 2 is 1.53 bits per heavy atom. The highest BCUT2D eigenvalue weighted by atomic mass is 32.2. The highest BCUT2D eigenvalue weighted by Crippen LogP contribution is 2.48. The van der Waals surface area contributed by atoms with E-state index in [4.69, 9.17) is 18.9 Å². The number of thioether (sulfide) groups is 2. The predicted octanol–water partition coefficient (Wildman–Crippen LogP) is 7.08. The van der Waals surface area contributed by atoms with Crippen LogP contribution in [0.5, 0.6) is 0 Å². The molecule has 9 heteroatoms. The van der Waals surface area contributed by atoms with Crippen molar-refractivity contribution in [1.82, 2.24) is 3.71 Å². The van der Waals surface area contributed by atoms with Crippen LogP contribution in [-0.4, -0.2) is 64.5 Å². The summed E-state index contributed by atoms with van der Waals surface area (Å²) in [5.41, 5.74) is 0. The number of hydrogen-bond donors (Lipinski definition) is 0. The van der Waals surface area contributed by atoms with Crippen molar-refractivity contribution >= 4 is 47.4 Å². The first-order valence-electron chi connectivity index (χ1n) is 11.3. The molecular formula is C21H45NO4S4. The summed E-state index contributed by atoms with van der Waals surface area (Å²) >= 11 is 7.38. The number of rotatable bonds is 22. The summed E-state index contributed by atoms with van der Waals surface area (Å²) in [5.74, 6) is 2.11. The van der Waals surface area contributed by atoms with Crippen LogP contribution in [0.1, 0.15) is 73.1 Å². The maximum Gasteiger partial charge on any atom is 0.282 e. The van der Waals surface area contributed by atoms with Gasteiger partial charge in [-0.05, 0) is 44.6 Å². The van der Waals surface area contributed by atoms with E-state index in [-0.39, 0.29) is 4.39 Å². The van der Waals surface area contributed by atoms with Gasteiger partial charge in [-0.1, -0.05) is 69.8 Å². The second-order valence-corrected chi connectivity index (χ2v) is 11.5. The fourth-order valence-electron chi connectivity index (χ4n) is 2.56. The first-order chi connectivity index (χ1) is 14.5. The van der Waals surface area contributed by atoms with Crippen molar-refractivity contribution in [2.24, 2.45) is 0 Å². The molecule has 30 heavy (non-hydrogen) atoms. The standard InChI is InChI=1S/C21H45NO4S4/c1-8-13-17-26-21(27-7,28-12-5)22(29-18-10-3)30-19-14-15-20(23-6,24-11-4)25-16-9-2/h8-19H2,1-7H3. The lowest BCUT2D eigenvalue weighted by molar-refractivity contribution is -0.373. The number of hydrogen-bond acceptors (Lipinski definition) is 9. The van der Waals surface area contributed by atoms with Gasteiger partial charge in [0, 0.05) is 31.6 Å². The lowest BCUT2D eigenvalue weighted by Gasteiger charge is -2.39. The Bertz CT molecular complexity index is 398. The van der Waals surface area contributed by atoms with Gasteiger partial charge in [0.25, 0.3) is 5.97 Å². The summed E-state index contributed by atoms with van der Waals surface area (Å²) in [5, 5.41) is 0. The second-order valence-electron chi connectivity index (χ2n) is 6.56. The summed E-state index contributed by atoms with van der Waals surface area (Å²) in [6.45, 7) is 12.7. The van der Waals surface area contributed by atoms with Crippen LogP contribution < -0.4 is 0 Å². The summed E-state index contributed by atoms with van der Waals surface area (Å²) in [6.07, 6.45) is 8.10. The van der Waals surface area contributed by atoms with Crippen LogP contribution in [0.2, 0.25) is 0 Å². The van der Waals surface area contributed by atoms with Crippen molar-refractivity contribution in [3.05, 3.63) is 0 Å². The molecule has 0 fully saturated rings. The molecule has 0 aromatic carbocycles. The van der Waals surface area contributed by atoms with E-state index in [1.165, 1.54) is 0 Å². The minimum atomic E-state index is -0.931. The van der Waals surface area contributed by atoms with E-state index in [1.807, 2.05) is 42.6 Å². The minimum Gasteiger partial charge on any atom is -0.341 e. The first kappa shape index (κ1) is 31.2. The smallest absolute Gasteiger partial charge is 0.282 e. The monoisotopic (exact) mass is 503 g/mol. The van der Waals surface area contributed by atoms with Crippen LogP contribution in [0.25, 0.3) is 0 Å². The van der Waals surface area contributed by atoms with Crippen molar-refractivity contribution in [2.45, 2.75) is 83.5 Å². The number of methoxy groups -OCH3 is 1. The average molecular weight is 504 g/mol. The largest absolute Gasteiger partial charge is 0.341 e. The van der Waals surface area contributed by atoms with Crippen LogP contribution in [0.3, 0.4) is 0 Å². The lowest BCUT2D eigenvalue weighted by atomic mass is 10.3. The van der Waals surface area contributed by atoms with Crippen LogP contribution in [0.15, 0.2) is 0 Å². The number of unbranched alkanes of at least 4 members (excludes halogenated alkanes) is 1. The highest BCUT2D eigenvalue weighted by Gasteiger charge is 2.39. The summed E-state index contributed by atoms with van der Waals surface area (Å²) in [4.78, 5) is 0. The molecule has 0 rings (SSSR count). The van der Waals surface area contributed by atoms with Gasteiger partial charge in [-0.25, -0.2) is 0 Å². The normalized spacial score (nSPS) is 16.0. The van der Waals surface area contributed by atoms with Crippen molar-refractivity contribution in [2.75, 3.05) is 50.4 Å². The topological polar surface area (TPSA) is 40.2 Å². The fraction of sp³-hybridized carbons (Fsp3) is 1.00. The third-order valence-electron chi connectivity index (χ3n) is 4.04. The molecule has 0 radical (unpaired) electrons. The van der Waals surface area contributed by atoms with E-state index in [0.29, 0.717) is 19.6 Å². The van der Waals surface area contributed by atoms with E-state index in [2.05, 4.69) is 37.7 Å². The molecule has 5 nitrogen and oxygen atoms in total. The van der Waals surface area contributed by atoms with Crippen LogP contribution >= 0.6 is 47.4 Å². The Morgan fingerprint density at radius 3 is 2.07 bits per heavy atom. The molecule has 2 atom stereocenters. The van der Waals surface area contributed by atoms with E-state index in [1.54, 1.807) is 18.9 Å². The molecule has 0 aromatic rings. The molecule has 0 aliphatic heterocycles. The molecule has 0 saturated heterocycles. The van der Waals surface area contributed by atoms with Crippen LogP contribution in [-0.2, 0) is 18.9 Å². The van der Waals surface area contributed by atoms with E-state index >= 15 is 0 Å². The van der Waals surface area contributed by atoms with Gasteiger partial charge in [0.1, 0.15) is 0 Å². The molecule has 0 aromatic heterocycles. The summed E-state index contributed by atoms with van der Waals surface area (Å²) in [6, 6.07) is 0. The second kappa shape index (κ2) is 19.6. The van der Waals surface area contributed by atoms with Crippen molar-refractivity contribution in [3.63, 3.8) is 0 Å². The fourth-order valence-corrected chi connectivity index (χ4v) is 7.72. The molecular weight excluding hydrogens is 459 g/mol. The van der Waals surface area contributed by atoms with E-state index < -0.39 is 5.97 Å². The van der Waals surface area contributed by atoms with Gasteiger partial charge in [-0.2, -0.15) is 0 Å². The molecule has 2 unspecified atom stereocenters. The van der Waals surface area contributed by atoms with Crippen molar-refractivity contribution < 1.29 is 18.9 Å². The Morgan fingerprint density at radius 1 is 0.800 bits per heavy atom. The van der Waals surface area contributed by atoms with Gasteiger partial charge in [0.05, 0.1) is 13.2 Å². The minimum absolute atomic E-state index is 0.370. The highest BCUT2D eigenvalue weighted by molar-refractivity contribution is 8.21. The Balaban J connectivity index is 5.07. The maximum atomic E-state index is 6.47. The lowest BCUT2D eigenvalue weighted by Crippen LogP contribution is -2.39. The van der Waals surface area contributed by atoms with Gasteiger partial charge in [-0.3, -0.25) is 0 Å². The maximum absolute atomic E-state index is 6.47. The summed E-state index contributed by atoms with van der Waals surface area (Å²) < 4.78 is 25.9. The third-order valence-corrected chi connectivity index (χ3v) is 9.80. The number of nitrogens with zero attached hydrogens (tertiary/aromatic N) is 1. The van der Waals surface area contributed by atoms with Crippen LogP contribution in [0.4, 0.5) is 0 Å². The van der Waals surface area contributed by atoms with E-state index in [9.17, 15) is 0 Å². The average Bonchev–Trinajstić information content (AvgIpc) is 2.76. The van der Waals surface area contributed by atoms with Gasteiger partial charge in [0.2, 0.25) is 4.39 Å². The Hall–Kier alpha value is 1.20. The molecule has 0 aliphatic carbocycles. The first-order valence-corrected chi connectivity index (χ1v) is 15.3. The zero-order valence-corrected chi connectivity index (χ0v) is 23.5. The molecule has 0 spiro atoms. The molecule has 182 valence electrons. The molecule has 0 bridgehead atoms. The molecule has 0 saturated carbocycles. The third kappa shape index (κ3) is 11.9. The SMILES string of the molecule is CCCCOC(SC)(SCC)N(SCCC)SCCCC(OC)(OCC)OCCC. The van der Waals surface area contributed by atoms with Gasteiger partial charge in [-0.15, -0.1) is 15.5 Å². The number of ether oxygens (including phenoxy) is 4. The summed E-state index contributed by atoms with van der Waals surface area (Å²) in [7, 11) is 1.67. The molecule has 0 N–H and O–H groups in total. The quantitative estimate of drug-likeness (QED) is 0.0875. The Kier molecular flexibility index (Phi) is 20.4. The molecule has 0 heterocycles.